The number of Topliss-reactive ketones (excluding diaryl/α,β-unsaturated/α-hetero) is 1. The number of nitrogens with zero attached hydrogens (tertiary/aromatic N) is 1. The molecular formula is C14H20FNO. The smallest absolute Gasteiger partial charge is 0.157 e. The zero-order chi connectivity index (χ0) is 13.1. The fraction of sp³-hybridized carbons (Fsp3) is 0.500. The maximum absolute atomic E-state index is 13.6. The lowest BCUT2D eigenvalue weighted by Gasteiger charge is -2.26. The van der Waals surface area contributed by atoms with Crippen LogP contribution in [0.15, 0.2) is 24.3 Å². The van der Waals surface area contributed by atoms with Gasteiger partial charge in [-0.25, -0.2) is 4.39 Å². The third-order valence-corrected chi connectivity index (χ3v) is 2.75. The maximum atomic E-state index is 13.6. The van der Waals surface area contributed by atoms with E-state index >= 15 is 0 Å². The summed E-state index contributed by atoms with van der Waals surface area (Å²) in [4.78, 5) is 13.7. The summed E-state index contributed by atoms with van der Waals surface area (Å²) in [6, 6.07) is 6.55. The van der Waals surface area contributed by atoms with Crippen molar-refractivity contribution in [3.05, 3.63) is 30.1 Å². The third kappa shape index (κ3) is 3.55. The Labute approximate surface area is 102 Å². The minimum absolute atomic E-state index is 0.114. The first-order chi connectivity index (χ1) is 7.86. The number of hydrogen-bond donors (Lipinski definition) is 0. The summed E-state index contributed by atoms with van der Waals surface area (Å²) in [5.74, 6) is -0.168. The molecule has 0 atom stereocenters. The van der Waals surface area contributed by atoms with E-state index in [1.54, 1.807) is 23.1 Å². The second-order valence-electron chi connectivity index (χ2n) is 5.14. The van der Waals surface area contributed by atoms with Gasteiger partial charge in [0.15, 0.2) is 5.78 Å². The number of carbonyl (C=O) groups excluding carboxylic acids is 1. The summed E-state index contributed by atoms with van der Waals surface area (Å²) in [7, 11) is 0. The first-order valence-corrected chi connectivity index (χ1v) is 5.89. The Bertz CT molecular complexity index is 395. The number of anilines is 1. The molecule has 0 aliphatic rings. The third-order valence-electron chi connectivity index (χ3n) is 2.75. The van der Waals surface area contributed by atoms with Crippen LogP contribution in [-0.2, 0) is 4.79 Å². The molecule has 3 heteroatoms. The van der Waals surface area contributed by atoms with E-state index in [1.807, 2.05) is 27.7 Å². The Kier molecular flexibility index (Phi) is 4.27. The summed E-state index contributed by atoms with van der Waals surface area (Å²) in [6.07, 6.45) is 0. The van der Waals surface area contributed by atoms with Gasteiger partial charge >= 0.3 is 0 Å². The van der Waals surface area contributed by atoms with Crippen LogP contribution >= 0.6 is 0 Å². The molecule has 0 heterocycles. The van der Waals surface area contributed by atoms with Crippen LogP contribution in [0.3, 0.4) is 0 Å². The first-order valence-electron chi connectivity index (χ1n) is 5.89. The molecule has 0 aliphatic heterocycles. The second kappa shape index (κ2) is 5.30. The van der Waals surface area contributed by atoms with Gasteiger partial charge in [-0.15, -0.1) is 0 Å². The maximum Gasteiger partial charge on any atom is 0.157 e. The average molecular weight is 237 g/mol. The van der Waals surface area contributed by atoms with Gasteiger partial charge in [0.05, 0.1) is 12.2 Å². The Morgan fingerprint density at radius 2 is 1.88 bits per heavy atom. The number of halogens is 1. The van der Waals surface area contributed by atoms with Crippen LogP contribution in [0.4, 0.5) is 10.1 Å². The van der Waals surface area contributed by atoms with E-state index < -0.39 is 5.41 Å². The van der Waals surface area contributed by atoms with Crippen LogP contribution in [0.2, 0.25) is 0 Å². The van der Waals surface area contributed by atoms with Gasteiger partial charge in [-0.3, -0.25) is 4.79 Å². The molecule has 1 aromatic rings. The molecule has 0 saturated carbocycles. The molecule has 1 rings (SSSR count). The molecule has 0 bridgehead atoms. The topological polar surface area (TPSA) is 20.3 Å². The van der Waals surface area contributed by atoms with Gasteiger partial charge in [0, 0.05) is 12.0 Å². The molecule has 0 N–H and O–H groups in total. The lowest BCUT2D eigenvalue weighted by Crippen LogP contribution is -2.36. The summed E-state index contributed by atoms with van der Waals surface area (Å²) < 4.78 is 13.6. The van der Waals surface area contributed by atoms with E-state index in [1.165, 1.54) is 6.07 Å². The van der Waals surface area contributed by atoms with Gasteiger partial charge in [0.25, 0.3) is 0 Å². The van der Waals surface area contributed by atoms with Crippen LogP contribution < -0.4 is 4.90 Å². The van der Waals surface area contributed by atoms with E-state index in [0.29, 0.717) is 12.2 Å². The number of hydrogen-bond acceptors (Lipinski definition) is 2. The molecule has 1 aromatic carbocycles. The molecule has 0 amide bonds. The summed E-state index contributed by atoms with van der Waals surface area (Å²) in [5, 5.41) is 0. The minimum Gasteiger partial charge on any atom is -0.362 e. The molecular weight excluding hydrogens is 217 g/mol. The Balaban J connectivity index is 2.87. The summed E-state index contributed by atoms with van der Waals surface area (Å²) in [5.41, 5.74) is 0.103. The molecule has 17 heavy (non-hydrogen) atoms. The largest absolute Gasteiger partial charge is 0.362 e. The Hall–Kier alpha value is -1.38. The number of benzene rings is 1. The number of likely N-dealkylation sites (N-methyl/N-ethyl adjacent to an activating group) is 1. The Morgan fingerprint density at radius 3 is 2.35 bits per heavy atom. The summed E-state index contributed by atoms with van der Waals surface area (Å²) >= 11 is 0. The van der Waals surface area contributed by atoms with Crippen LogP contribution in [0.1, 0.15) is 27.7 Å². The van der Waals surface area contributed by atoms with Gasteiger partial charge in [0.2, 0.25) is 0 Å². The van der Waals surface area contributed by atoms with Crippen molar-refractivity contribution in [3.8, 4) is 0 Å². The molecule has 94 valence electrons. The van der Waals surface area contributed by atoms with Crippen molar-refractivity contribution in [2.24, 2.45) is 5.41 Å². The van der Waals surface area contributed by atoms with Crippen molar-refractivity contribution in [1.29, 1.82) is 0 Å². The molecule has 0 radical (unpaired) electrons. The van der Waals surface area contributed by atoms with E-state index in [-0.39, 0.29) is 18.1 Å². The molecule has 0 aromatic heterocycles. The average Bonchev–Trinajstić information content (AvgIpc) is 2.25. The molecule has 0 spiro atoms. The van der Waals surface area contributed by atoms with Gasteiger partial charge in [-0.1, -0.05) is 32.9 Å². The van der Waals surface area contributed by atoms with Crippen LogP contribution in [0, 0.1) is 11.2 Å². The van der Waals surface area contributed by atoms with Gasteiger partial charge in [-0.2, -0.15) is 0 Å². The molecule has 2 nitrogen and oxygen atoms in total. The quantitative estimate of drug-likeness (QED) is 0.801. The first kappa shape index (κ1) is 13.7. The van der Waals surface area contributed by atoms with Crippen LogP contribution in [0.5, 0.6) is 0 Å². The highest BCUT2D eigenvalue weighted by atomic mass is 19.1. The number of ketones is 1. The van der Waals surface area contributed by atoms with E-state index in [9.17, 15) is 9.18 Å². The normalized spacial score (nSPS) is 11.4. The molecule has 0 saturated heterocycles. The highest BCUT2D eigenvalue weighted by Gasteiger charge is 2.23. The van der Waals surface area contributed by atoms with E-state index in [2.05, 4.69) is 0 Å². The lowest BCUT2D eigenvalue weighted by molar-refractivity contribution is -0.124. The zero-order valence-corrected chi connectivity index (χ0v) is 11.0. The van der Waals surface area contributed by atoms with Crippen molar-refractivity contribution >= 4 is 11.5 Å². The van der Waals surface area contributed by atoms with Crippen molar-refractivity contribution in [2.45, 2.75) is 27.7 Å². The minimum atomic E-state index is -0.390. The van der Waals surface area contributed by atoms with Crippen molar-refractivity contribution < 1.29 is 9.18 Å². The van der Waals surface area contributed by atoms with E-state index in [4.69, 9.17) is 0 Å². The van der Waals surface area contributed by atoms with E-state index in [0.717, 1.165) is 0 Å². The molecule has 0 unspecified atom stereocenters. The monoisotopic (exact) mass is 237 g/mol. The van der Waals surface area contributed by atoms with Crippen molar-refractivity contribution in [2.75, 3.05) is 18.0 Å². The molecule has 0 aliphatic carbocycles. The predicted octanol–water partition coefficient (Wildman–Crippen LogP) is 3.27. The molecule has 0 fully saturated rings. The predicted molar refractivity (Wildman–Crippen MR) is 68.7 cm³/mol. The standard InChI is InChI=1S/C14H20FNO/c1-5-16(10-13(17)14(2,3)4)12-9-7-6-8-11(12)15/h6-9H,5,10H2,1-4H3. The summed E-state index contributed by atoms with van der Waals surface area (Å²) in [6.45, 7) is 8.42. The SMILES string of the molecule is CCN(CC(=O)C(C)(C)C)c1ccccc1F. The van der Waals surface area contributed by atoms with Crippen LogP contribution in [0.25, 0.3) is 0 Å². The van der Waals surface area contributed by atoms with Gasteiger partial charge < -0.3 is 4.90 Å². The zero-order valence-electron chi connectivity index (χ0n) is 11.0. The van der Waals surface area contributed by atoms with Gasteiger partial charge in [-0.05, 0) is 19.1 Å². The van der Waals surface area contributed by atoms with Gasteiger partial charge in [0.1, 0.15) is 5.82 Å². The highest BCUT2D eigenvalue weighted by Crippen LogP contribution is 2.21. The number of para-hydroxylation sites is 1. The fourth-order valence-corrected chi connectivity index (χ4v) is 1.49. The highest BCUT2D eigenvalue weighted by molar-refractivity contribution is 5.88. The van der Waals surface area contributed by atoms with Crippen LogP contribution in [-0.4, -0.2) is 18.9 Å². The number of carbonyl (C=O) groups is 1. The van der Waals surface area contributed by atoms with Crippen molar-refractivity contribution in [3.63, 3.8) is 0 Å². The number of rotatable bonds is 4. The Morgan fingerprint density at radius 1 is 1.29 bits per heavy atom. The van der Waals surface area contributed by atoms with Crippen molar-refractivity contribution in [1.82, 2.24) is 0 Å². The lowest BCUT2D eigenvalue weighted by atomic mass is 9.90. The fourth-order valence-electron chi connectivity index (χ4n) is 1.49. The second-order valence-corrected chi connectivity index (χ2v) is 5.14.